The summed E-state index contributed by atoms with van der Waals surface area (Å²) >= 11 is 5.87. The molecular formula is C21H16ClFN2O4. The van der Waals surface area contributed by atoms with Crippen molar-refractivity contribution < 1.29 is 23.5 Å². The summed E-state index contributed by atoms with van der Waals surface area (Å²) in [6, 6.07) is 15.3. The molecule has 1 heterocycles. The molecule has 29 heavy (non-hydrogen) atoms. The van der Waals surface area contributed by atoms with E-state index in [4.69, 9.17) is 21.1 Å². The van der Waals surface area contributed by atoms with Crippen molar-refractivity contribution in [2.24, 2.45) is 0 Å². The minimum Gasteiger partial charge on any atom is -0.466 e. The molecule has 0 saturated carbocycles. The van der Waals surface area contributed by atoms with Crippen molar-refractivity contribution >= 4 is 29.2 Å². The minimum atomic E-state index is -0.565. The highest BCUT2D eigenvalue weighted by molar-refractivity contribution is 6.30. The third-order valence-electron chi connectivity index (χ3n) is 3.73. The van der Waals surface area contributed by atoms with E-state index in [2.05, 4.69) is 10.3 Å². The van der Waals surface area contributed by atoms with Crippen molar-refractivity contribution in [1.82, 2.24) is 4.98 Å². The van der Waals surface area contributed by atoms with Crippen LogP contribution < -0.4 is 10.1 Å². The number of nitrogens with one attached hydrogen (secondary N) is 1. The van der Waals surface area contributed by atoms with E-state index < -0.39 is 17.7 Å². The molecule has 1 N–H and O–H groups in total. The lowest BCUT2D eigenvalue weighted by Crippen LogP contribution is -2.16. The Labute approximate surface area is 171 Å². The van der Waals surface area contributed by atoms with Gasteiger partial charge in [-0.2, -0.15) is 0 Å². The van der Waals surface area contributed by atoms with Crippen molar-refractivity contribution in [2.45, 2.75) is 6.61 Å². The zero-order valence-corrected chi connectivity index (χ0v) is 15.9. The number of nitrogens with zero attached hydrogens (tertiary/aromatic N) is 1. The maximum Gasteiger partial charge on any atom is 0.344 e. The summed E-state index contributed by atoms with van der Waals surface area (Å²) < 4.78 is 23.3. The van der Waals surface area contributed by atoms with E-state index in [0.29, 0.717) is 10.7 Å². The fraction of sp³-hybridized carbons (Fsp3) is 0.0952. The van der Waals surface area contributed by atoms with Crippen LogP contribution in [0.5, 0.6) is 5.88 Å². The Morgan fingerprint density at radius 1 is 1.07 bits per heavy atom. The Morgan fingerprint density at radius 2 is 1.86 bits per heavy atom. The van der Waals surface area contributed by atoms with Gasteiger partial charge in [-0.1, -0.05) is 23.7 Å². The highest BCUT2D eigenvalue weighted by Crippen LogP contribution is 2.13. The van der Waals surface area contributed by atoms with Crippen molar-refractivity contribution in [3.63, 3.8) is 0 Å². The lowest BCUT2D eigenvalue weighted by Gasteiger charge is -2.08. The van der Waals surface area contributed by atoms with Gasteiger partial charge in [0.05, 0.1) is 5.56 Å². The second-order valence-corrected chi connectivity index (χ2v) is 6.36. The molecule has 0 unspecified atom stereocenters. The van der Waals surface area contributed by atoms with Crippen molar-refractivity contribution in [3.8, 4) is 5.88 Å². The zero-order chi connectivity index (χ0) is 20.6. The Bertz CT molecular complexity index is 994. The molecule has 3 rings (SSSR count). The number of pyridine rings is 1. The molecule has 0 saturated heterocycles. The molecule has 0 atom stereocenters. The Hall–Kier alpha value is -3.45. The zero-order valence-electron chi connectivity index (χ0n) is 15.1. The summed E-state index contributed by atoms with van der Waals surface area (Å²) in [5.41, 5.74) is 1.50. The average molecular weight is 415 g/mol. The first-order chi connectivity index (χ1) is 14.0. The monoisotopic (exact) mass is 414 g/mol. The van der Waals surface area contributed by atoms with Gasteiger partial charge in [0.2, 0.25) is 5.88 Å². The third-order valence-corrected chi connectivity index (χ3v) is 3.96. The SMILES string of the molecule is O=C(COc1ccc(C(=O)Nc2ccc(F)cc2)cn1)OCc1cccc(Cl)c1. The number of carbonyl (C=O) groups is 2. The number of aromatic nitrogens is 1. The number of amides is 1. The highest BCUT2D eigenvalue weighted by atomic mass is 35.5. The van der Waals surface area contributed by atoms with Gasteiger partial charge in [-0.25, -0.2) is 14.2 Å². The van der Waals surface area contributed by atoms with E-state index in [1.54, 1.807) is 24.3 Å². The van der Waals surface area contributed by atoms with E-state index >= 15 is 0 Å². The lowest BCUT2D eigenvalue weighted by atomic mass is 10.2. The molecule has 0 bridgehead atoms. The molecular weight excluding hydrogens is 399 g/mol. The summed E-state index contributed by atoms with van der Waals surface area (Å²) in [5.74, 6) is -1.19. The van der Waals surface area contributed by atoms with Crippen LogP contribution >= 0.6 is 11.6 Å². The molecule has 0 spiro atoms. The molecule has 3 aromatic rings. The van der Waals surface area contributed by atoms with Crippen LogP contribution in [0.15, 0.2) is 66.9 Å². The van der Waals surface area contributed by atoms with E-state index in [1.165, 1.54) is 42.6 Å². The molecule has 1 aromatic heterocycles. The average Bonchev–Trinajstić information content (AvgIpc) is 2.73. The van der Waals surface area contributed by atoms with Gasteiger partial charge in [0.25, 0.3) is 5.91 Å². The fourth-order valence-corrected chi connectivity index (χ4v) is 2.51. The van der Waals surface area contributed by atoms with Crippen LogP contribution in [0.25, 0.3) is 0 Å². The van der Waals surface area contributed by atoms with E-state index in [1.807, 2.05) is 0 Å². The maximum atomic E-state index is 12.9. The van der Waals surface area contributed by atoms with Gasteiger partial charge in [0.1, 0.15) is 12.4 Å². The maximum absolute atomic E-state index is 12.9. The van der Waals surface area contributed by atoms with Gasteiger partial charge >= 0.3 is 5.97 Å². The number of halogens is 2. The van der Waals surface area contributed by atoms with Crippen LogP contribution in [0.4, 0.5) is 10.1 Å². The third kappa shape index (κ3) is 6.29. The summed E-state index contributed by atoms with van der Waals surface area (Å²) in [5, 5.41) is 3.18. The number of anilines is 1. The van der Waals surface area contributed by atoms with Gasteiger partial charge in [0, 0.05) is 23.0 Å². The number of benzene rings is 2. The number of ether oxygens (including phenoxy) is 2. The molecule has 0 aliphatic heterocycles. The molecule has 1 amide bonds. The first kappa shape index (κ1) is 20.3. The van der Waals surface area contributed by atoms with E-state index in [0.717, 1.165) is 5.56 Å². The van der Waals surface area contributed by atoms with Crippen LogP contribution in [-0.2, 0) is 16.1 Å². The van der Waals surface area contributed by atoms with E-state index in [-0.39, 0.29) is 24.7 Å². The number of carbonyl (C=O) groups excluding carboxylic acids is 2. The molecule has 0 fully saturated rings. The van der Waals surface area contributed by atoms with Crippen LogP contribution in [0.3, 0.4) is 0 Å². The summed E-state index contributed by atoms with van der Waals surface area (Å²) in [7, 11) is 0. The fourth-order valence-electron chi connectivity index (χ4n) is 2.30. The first-order valence-corrected chi connectivity index (χ1v) is 8.93. The predicted molar refractivity (Wildman–Crippen MR) is 105 cm³/mol. The Kier molecular flexibility index (Phi) is 6.76. The van der Waals surface area contributed by atoms with Crippen molar-refractivity contribution in [2.75, 3.05) is 11.9 Å². The van der Waals surface area contributed by atoms with Gasteiger partial charge in [-0.15, -0.1) is 0 Å². The molecule has 0 radical (unpaired) electrons. The molecule has 0 aliphatic rings. The van der Waals surface area contributed by atoms with Crippen LogP contribution in [0, 0.1) is 5.82 Å². The van der Waals surface area contributed by atoms with Crippen molar-refractivity contribution in [3.05, 3.63) is 88.8 Å². The topological polar surface area (TPSA) is 77.5 Å². The number of hydrogen-bond donors (Lipinski definition) is 1. The van der Waals surface area contributed by atoms with Gasteiger partial charge < -0.3 is 14.8 Å². The lowest BCUT2D eigenvalue weighted by molar-refractivity contribution is -0.147. The normalized spacial score (nSPS) is 10.3. The molecule has 2 aromatic carbocycles. The Morgan fingerprint density at radius 3 is 2.55 bits per heavy atom. The summed E-state index contributed by atoms with van der Waals surface area (Å²) in [4.78, 5) is 27.9. The molecule has 8 heteroatoms. The molecule has 148 valence electrons. The van der Waals surface area contributed by atoms with Crippen LogP contribution in [0.2, 0.25) is 5.02 Å². The molecule has 0 aliphatic carbocycles. The van der Waals surface area contributed by atoms with E-state index in [9.17, 15) is 14.0 Å². The van der Waals surface area contributed by atoms with Crippen molar-refractivity contribution in [1.29, 1.82) is 0 Å². The van der Waals surface area contributed by atoms with Gasteiger partial charge in [-0.05, 0) is 48.0 Å². The Balaban J connectivity index is 1.46. The largest absolute Gasteiger partial charge is 0.466 e. The smallest absolute Gasteiger partial charge is 0.344 e. The summed E-state index contributed by atoms with van der Waals surface area (Å²) in [6.07, 6.45) is 1.31. The molecule has 6 nitrogen and oxygen atoms in total. The summed E-state index contributed by atoms with van der Waals surface area (Å²) in [6.45, 7) is -0.243. The quantitative estimate of drug-likeness (QED) is 0.585. The number of esters is 1. The van der Waals surface area contributed by atoms with Crippen LogP contribution in [0.1, 0.15) is 15.9 Å². The highest BCUT2D eigenvalue weighted by Gasteiger charge is 2.09. The standard InChI is InChI=1S/C21H16ClFN2O4/c22-16-3-1-2-14(10-16)12-29-20(26)13-28-19-9-4-15(11-24-19)21(27)25-18-7-5-17(23)6-8-18/h1-11H,12-13H2,(H,25,27). The van der Waals surface area contributed by atoms with Gasteiger partial charge in [0.15, 0.2) is 6.61 Å². The predicted octanol–water partition coefficient (Wildman–Crippen LogP) is 4.25. The second kappa shape index (κ2) is 9.66. The van der Waals surface area contributed by atoms with Crippen LogP contribution in [-0.4, -0.2) is 23.5 Å². The number of hydrogen-bond acceptors (Lipinski definition) is 5. The minimum absolute atomic E-state index is 0.0820. The van der Waals surface area contributed by atoms with Gasteiger partial charge in [-0.3, -0.25) is 4.79 Å². The number of rotatable bonds is 7. The second-order valence-electron chi connectivity index (χ2n) is 5.93. The first-order valence-electron chi connectivity index (χ1n) is 8.55.